The first-order chi connectivity index (χ1) is 14.0. The van der Waals surface area contributed by atoms with E-state index in [0.717, 1.165) is 11.1 Å². The van der Waals surface area contributed by atoms with Gasteiger partial charge in [0.15, 0.2) is 12.1 Å². The molecule has 2 aromatic carbocycles. The molecule has 0 spiro atoms. The number of rotatable bonds is 8. The molecule has 0 radical (unpaired) electrons. The minimum absolute atomic E-state index is 0.196. The molecule has 1 N–H and O–H groups in total. The van der Waals surface area contributed by atoms with Crippen molar-refractivity contribution >= 4 is 11.9 Å². The predicted octanol–water partition coefficient (Wildman–Crippen LogP) is 1.84. The van der Waals surface area contributed by atoms with Crippen LogP contribution < -0.4 is 5.32 Å². The molecule has 2 atom stereocenters. The molecule has 3 rings (SSSR count). The van der Waals surface area contributed by atoms with Gasteiger partial charge in [0.05, 0.1) is 0 Å². The van der Waals surface area contributed by atoms with Gasteiger partial charge in [0.1, 0.15) is 12.1 Å². The van der Waals surface area contributed by atoms with Crippen molar-refractivity contribution in [1.29, 1.82) is 0 Å². The lowest BCUT2D eigenvalue weighted by atomic mass is 10.1. The van der Waals surface area contributed by atoms with Gasteiger partial charge in [-0.25, -0.2) is 13.9 Å². The molecule has 29 heavy (non-hydrogen) atoms. The quantitative estimate of drug-likeness (QED) is 0.583. The lowest BCUT2D eigenvalue weighted by molar-refractivity contribution is -0.158. The zero-order chi connectivity index (χ0) is 20.6. The van der Waals surface area contributed by atoms with Crippen LogP contribution in [0.5, 0.6) is 0 Å². The molecule has 0 fully saturated rings. The molecule has 0 aliphatic rings. The Bertz CT molecular complexity index is 933. The third-order valence-corrected chi connectivity index (χ3v) is 4.27. The molecule has 0 unspecified atom stereocenters. The van der Waals surface area contributed by atoms with Crippen LogP contribution in [0.4, 0.5) is 4.39 Å². The predicted molar refractivity (Wildman–Crippen MR) is 101 cm³/mol. The summed E-state index contributed by atoms with van der Waals surface area (Å²) in [6, 6.07) is 14.3. The average molecular weight is 397 g/mol. The summed E-state index contributed by atoms with van der Waals surface area (Å²) in [6.07, 6.45) is 0.626. The smallest absolute Gasteiger partial charge is 0.332 e. The normalized spacial score (nSPS) is 12.8. The summed E-state index contributed by atoms with van der Waals surface area (Å²) in [6.45, 7) is 1.68. The zero-order valence-corrected chi connectivity index (χ0v) is 15.7. The summed E-state index contributed by atoms with van der Waals surface area (Å²) in [4.78, 5) is 25.0. The van der Waals surface area contributed by atoms with Gasteiger partial charge in [0.25, 0.3) is 5.91 Å². The van der Waals surface area contributed by atoms with Crippen molar-refractivity contribution < 1.29 is 18.7 Å². The number of esters is 1. The number of amides is 1. The summed E-state index contributed by atoms with van der Waals surface area (Å²) in [5, 5.41) is 13.6. The molecule has 0 saturated carbocycles. The molecule has 0 aliphatic heterocycles. The van der Waals surface area contributed by atoms with Crippen LogP contribution >= 0.6 is 0 Å². The minimum Gasteiger partial charge on any atom is -0.451 e. The second-order valence-corrected chi connectivity index (χ2v) is 6.42. The Hall–Kier alpha value is -3.62. The molecular weight excluding hydrogens is 377 g/mol. The molecule has 150 valence electrons. The van der Waals surface area contributed by atoms with Crippen LogP contribution in [-0.2, 0) is 27.3 Å². The molecule has 8 nitrogen and oxygen atoms in total. The Kier molecular flexibility index (Phi) is 6.62. The van der Waals surface area contributed by atoms with Gasteiger partial charge in [0.2, 0.25) is 0 Å². The fourth-order valence-electron chi connectivity index (χ4n) is 2.67. The molecule has 1 aromatic heterocycles. The minimum atomic E-state index is -1.02. The van der Waals surface area contributed by atoms with E-state index in [-0.39, 0.29) is 12.4 Å². The summed E-state index contributed by atoms with van der Waals surface area (Å²) in [5.41, 5.74) is 1.63. The number of hydrogen-bond acceptors (Lipinski definition) is 6. The Morgan fingerprint density at radius 3 is 2.48 bits per heavy atom. The van der Waals surface area contributed by atoms with Crippen LogP contribution in [0.25, 0.3) is 0 Å². The topological polar surface area (TPSA) is 99.0 Å². The maximum atomic E-state index is 12.9. The lowest BCUT2D eigenvalue weighted by Gasteiger charge is -2.19. The standard InChI is InChI=1S/C20H20FN5O3/c1-14(19(27)22-12-16-7-9-17(21)10-8-16)29-20(28)18(26-13-23-24-25-26)11-15-5-3-2-4-6-15/h2-10,13-14,18H,11-12H2,1H3,(H,22,27)/t14-,18-/m0/s1. The van der Waals surface area contributed by atoms with Crippen molar-refractivity contribution in [2.45, 2.75) is 32.0 Å². The van der Waals surface area contributed by atoms with Crippen molar-refractivity contribution in [3.8, 4) is 0 Å². The highest BCUT2D eigenvalue weighted by molar-refractivity contribution is 5.84. The molecular formula is C20H20FN5O3. The highest BCUT2D eigenvalue weighted by Crippen LogP contribution is 2.16. The molecule has 9 heteroatoms. The van der Waals surface area contributed by atoms with Gasteiger partial charge >= 0.3 is 5.97 Å². The first-order valence-electron chi connectivity index (χ1n) is 9.02. The number of carbonyl (C=O) groups is 2. The van der Waals surface area contributed by atoms with E-state index >= 15 is 0 Å². The van der Waals surface area contributed by atoms with Gasteiger partial charge < -0.3 is 10.1 Å². The maximum absolute atomic E-state index is 12.9. The monoisotopic (exact) mass is 397 g/mol. The summed E-state index contributed by atoms with van der Waals surface area (Å²) in [7, 11) is 0. The van der Waals surface area contributed by atoms with E-state index in [1.54, 1.807) is 12.1 Å². The van der Waals surface area contributed by atoms with E-state index in [2.05, 4.69) is 20.8 Å². The highest BCUT2D eigenvalue weighted by atomic mass is 19.1. The van der Waals surface area contributed by atoms with Crippen molar-refractivity contribution in [3.63, 3.8) is 0 Å². The van der Waals surface area contributed by atoms with Crippen molar-refractivity contribution in [3.05, 3.63) is 77.9 Å². The van der Waals surface area contributed by atoms with Crippen LogP contribution in [0, 0.1) is 5.82 Å². The molecule has 0 aliphatic carbocycles. The number of nitrogens with zero attached hydrogens (tertiary/aromatic N) is 4. The molecule has 1 heterocycles. The number of hydrogen-bond donors (Lipinski definition) is 1. The van der Waals surface area contributed by atoms with Crippen molar-refractivity contribution in [2.75, 3.05) is 0 Å². The van der Waals surface area contributed by atoms with Crippen molar-refractivity contribution in [2.24, 2.45) is 0 Å². The Balaban J connectivity index is 1.60. The third kappa shape index (κ3) is 5.68. The van der Waals surface area contributed by atoms with Gasteiger partial charge in [-0.3, -0.25) is 4.79 Å². The number of aromatic nitrogens is 4. The Morgan fingerprint density at radius 2 is 1.83 bits per heavy atom. The number of nitrogens with one attached hydrogen (secondary N) is 1. The summed E-state index contributed by atoms with van der Waals surface area (Å²) < 4.78 is 19.6. The maximum Gasteiger partial charge on any atom is 0.332 e. The molecule has 0 saturated heterocycles. The summed E-state index contributed by atoms with van der Waals surface area (Å²) in [5.74, 6) is -1.43. The molecule has 3 aromatic rings. The fourth-order valence-corrected chi connectivity index (χ4v) is 2.67. The van der Waals surface area contributed by atoms with E-state index in [1.807, 2.05) is 30.3 Å². The van der Waals surface area contributed by atoms with Crippen LogP contribution in [-0.4, -0.2) is 38.2 Å². The van der Waals surface area contributed by atoms with Gasteiger partial charge in [0, 0.05) is 13.0 Å². The fraction of sp³-hybridized carbons (Fsp3) is 0.250. The lowest BCUT2D eigenvalue weighted by Crippen LogP contribution is -2.37. The zero-order valence-electron chi connectivity index (χ0n) is 15.7. The van der Waals surface area contributed by atoms with Crippen LogP contribution in [0.15, 0.2) is 60.9 Å². The van der Waals surface area contributed by atoms with Gasteiger partial charge in [-0.1, -0.05) is 42.5 Å². The third-order valence-electron chi connectivity index (χ3n) is 4.27. The van der Waals surface area contributed by atoms with E-state index in [0.29, 0.717) is 6.42 Å². The van der Waals surface area contributed by atoms with Gasteiger partial charge in [-0.05, 0) is 40.6 Å². The largest absolute Gasteiger partial charge is 0.451 e. The highest BCUT2D eigenvalue weighted by Gasteiger charge is 2.27. The number of ether oxygens (including phenoxy) is 1. The molecule has 1 amide bonds. The first kappa shape index (κ1) is 20.1. The number of halogens is 1. The van der Waals surface area contributed by atoms with E-state index < -0.39 is 24.0 Å². The van der Waals surface area contributed by atoms with Gasteiger partial charge in [-0.2, -0.15) is 0 Å². The van der Waals surface area contributed by atoms with Crippen LogP contribution in [0.3, 0.4) is 0 Å². The van der Waals surface area contributed by atoms with E-state index in [1.165, 1.54) is 30.1 Å². The second-order valence-electron chi connectivity index (χ2n) is 6.42. The Morgan fingerprint density at radius 1 is 1.10 bits per heavy atom. The number of tetrazole rings is 1. The van der Waals surface area contributed by atoms with Crippen LogP contribution in [0.2, 0.25) is 0 Å². The SMILES string of the molecule is C[C@H](OC(=O)[C@H](Cc1ccccc1)n1cnnn1)C(=O)NCc1ccc(F)cc1. The van der Waals surface area contributed by atoms with Crippen LogP contribution in [0.1, 0.15) is 24.1 Å². The first-order valence-corrected chi connectivity index (χ1v) is 9.02. The molecule has 0 bridgehead atoms. The average Bonchev–Trinajstić information content (AvgIpc) is 3.26. The van der Waals surface area contributed by atoms with Crippen molar-refractivity contribution in [1.82, 2.24) is 25.5 Å². The number of carbonyl (C=O) groups excluding carboxylic acids is 2. The second kappa shape index (κ2) is 9.54. The van der Waals surface area contributed by atoms with E-state index in [4.69, 9.17) is 4.74 Å². The summed E-state index contributed by atoms with van der Waals surface area (Å²) >= 11 is 0. The van der Waals surface area contributed by atoms with Gasteiger partial charge in [-0.15, -0.1) is 5.10 Å². The number of benzene rings is 2. The van der Waals surface area contributed by atoms with E-state index in [9.17, 15) is 14.0 Å². The Labute approximate surface area is 166 Å².